The lowest BCUT2D eigenvalue weighted by molar-refractivity contribution is -0.466. The van der Waals surface area contributed by atoms with Crippen molar-refractivity contribution < 1.29 is 14.2 Å². The standard InChI is InChI=1S/C11H17N3O2/c1-5-10(15)12-7-9(14(3)4)8-13-11(16)6-2/h5-6H,1-2,7-8H2,3-4H3,(H-,12,13,15,16)/p+1. The largest absolute Gasteiger partial charge is 0.343 e. The molecule has 5 heteroatoms. The SMILES string of the molecule is C=CC(=O)NCC(CNC(=O)C=C)=[N+](C)C. The van der Waals surface area contributed by atoms with Crippen molar-refractivity contribution in [1.29, 1.82) is 0 Å². The Morgan fingerprint density at radius 3 is 1.69 bits per heavy atom. The number of nitrogens with one attached hydrogen (secondary N) is 2. The van der Waals surface area contributed by atoms with E-state index in [1.807, 2.05) is 18.7 Å². The minimum atomic E-state index is -0.241. The van der Waals surface area contributed by atoms with Gasteiger partial charge < -0.3 is 10.6 Å². The summed E-state index contributed by atoms with van der Waals surface area (Å²) in [5, 5.41) is 5.29. The van der Waals surface area contributed by atoms with E-state index in [4.69, 9.17) is 0 Å². The molecule has 0 spiro atoms. The summed E-state index contributed by atoms with van der Waals surface area (Å²) in [6.07, 6.45) is 2.41. The molecule has 0 aliphatic rings. The highest BCUT2D eigenvalue weighted by molar-refractivity contribution is 5.95. The van der Waals surface area contributed by atoms with E-state index in [9.17, 15) is 9.59 Å². The van der Waals surface area contributed by atoms with Crippen molar-refractivity contribution >= 4 is 17.5 Å². The van der Waals surface area contributed by atoms with Gasteiger partial charge in [-0.2, -0.15) is 0 Å². The van der Waals surface area contributed by atoms with Crippen LogP contribution in [0.5, 0.6) is 0 Å². The summed E-state index contributed by atoms with van der Waals surface area (Å²) in [6.45, 7) is 7.45. The fourth-order valence-electron chi connectivity index (χ4n) is 0.901. The third-order valence-electron chi connectivity index (χ3n) is 1.94. The van der Waals surface area contributed by atoms with Gasteiger partial charge >= 0.3 is 0 Å². The van der Waals surface area contributed by atoms with Gasteiger partial charge in [0.1, 0.15) is 14.1 Å². The normalized spacial score (nSPS) is 8.88. The molecule has 0 fully saturated rings. The Labute approximate surface area is 95.5 Å². The molecule has 0 saturated carbocycles. The summed E-state index contributed by atoms with van der Waals surface area (Å²) in [5.74, 6) is -0.483. The summed E-state index contributed by atoms with van der Waals surface area (Å²) in [6, 6.07) is 0. The van der Waals surface area contributed by atoms with Crippen molar-refractivity contribution in [2.24, 2.45) is 0 Å². The van der Waals surface area contributed by atoms with Crippen LogP contribution in [0.1, 0.15) is 0 Å². The van der Waals surface area contributed by atoms with Gasteiger partial charge in [-0.05, 0) is 12.2 Å². The van der Waals surface area contributed by atoms with E-state index in [1.54, 1.807) is 0 Å². The van der Waals surface area contributed by atoms with Gasteiger partial charge in [0.2, 0.25) is 11.8 Å². The van der Waals surface area contributed by atoms with E-state index < -0.39 is 0 Å². The zero-order valence-electron chi connectivity index (χ0n) is 9.75. The molecule has 0 aliphatic heterocycles. The zero-order valence-corrected chi connectivity index (χ0v) is 9.75. The summed E-state index contributed by atoms with van der Waals surface area (Å²) in [7, 11) is 3.69. The molecular weight excluding hydrogens is 206 g/mol. The smallest absolute Gasteiger partial charge is 0.243 e. The molecule has 2 N–H and O–H groups in total. The van der Waals surface area contributed by atoms with Crippen molar-refractivity contribution in [1.82, 2.24) is 10.6 Å². The molecule has 0 saturated heterocycles. The van der Waals surface area contributed by atoms with Gasteiger partial charge in [0.25, 0.3) is 0 Å². The van der Waals surface area contributed by atoms with Gasteiger partial charge in [-0.3, -0.25) is 9.59 Å². The van der Waals surface area contributed by atoms with Crippen molar-refractivity contribution in [3.8, 4) is 0 Å². The van der Waals surface area contributed by atoms with Crippen LogP contribution >= 0.6 is 0 Å². The van der Waals surface area contributed by atoms with Crippen LogP contribution in [0.4, 0.5) is 0 Å². The first-order valence-electron chi connectivity index (χ1n) is 4.83. The molecule has 0 aromatic heterocycles. The second-order valence-corrected chi connectivity index (χ2v) is 3.30. The van der Waals surface area contributed by atoms with Crippen LogP contribution in [-0.2, 0) is 9.59 Å². The molecule has 0 rings (SSSR count). The number of rotatable bonds is 6. The summed E-state index contributed by atoms with van der Waals surface area (Å²) >= 11 is 0. The molecule has 5 nitrogen and oxygen atoms in total. The number of hydrogen-bond donors (Lipinski definition) is 2. The third kappa shape index (κ3) is 5.74. The topological polar surface area (TPSA) is 61.2 Å². The van der Waals surface area contributed by atoms with Crippen LogP contribution in [0.2, 0.25) is 0 Å². The lowest BCUT2D eigenvalue weighted by Crippen LogP contribution is -2.39. The first-order chi connectivity index (χ1) is 7.51. The molecule has 16 heavy (non-hydrogen) atoms. The van der Waals surface area contributed by atoms with Crippen molar-refractivity contribution in [2.45, 2.75) is 0 Å². The molecule has 0 aliphatic carbocycles. The number of nitrogens with zero attached hydrogens (tertiary/aromatic N) is 1. The number of carbonyl (C=O) groups excluding carboxylic acids is 2. The predicted molar refractivity (Wildman–Crippen MR) is 63.5 cm³/mol. The lowest BCUT2D eigenvalue weighted by atomic mass is 10.3. The van der Waals surface area contributed by atoms with E-state index in [1.165, 1.54) is 12.2 Å². The highest BCUT2D eigenvalue weighted by Gasteiger charge is 2.09. The molecule has 0 aromatic rings. The van der Waals surface area contributed by atoms with Crippen LogP contribution in [0.25, 0.3) is 0 Å². The van der Waals surface area contributed by atoms with E-state index in [0.29, 0.717) is 13.1 Å². The maximum Gasteiger partial charge on any atom is 0.243 e. The highest BCUT2D eigenvalue weighted by Crippen LogP contribution is 1.77. The summed E-state index contributed by atoms with van der Waals surface area (Å²) in [5.41, 5.74) is 0.880. The summed E-state index contributed by atoms with van der Waals surface area (Å²) in [4.78, 5) is 21.9. The van der Waals surface area contributed by atoms with E-state index in [2.05, 4.69) is 23.8 Å². The summed E-state index contributed by atoms with van der Waals surface area (Å²) < 4.78 is 1.84. The maximum absolute atomic E-state index is 11.0. The first kappa shape index (κ1) is 14.1. The molecule has 0 heterocycles. The molecule has 2 amide bonds. The molecule has 0 radical (unpaired) electrons. The second kappa shape index (κ2) is 7.39. The van der Waals surface area contributed by atoms with Crippen molar-refractivity contribution in [3.63, 3.8) is 0 Å². The van der Waals surface area contributed by atoms with Gasteiger partial charge in [0, 0.05) is 0 Å². The van der Waals surface area contributed by atoms with Crippen LogP contribution in [-0.4, -0.2) is 49.3 Å². The fraction of sp³-hybridized carbons (Fsp3) is 0.364. The van der Waals surface area contributed by atoms with E-state index >= 15 is 0 Å². The number of hydrogen-bond acceptors (Lipinski definition) is 2. The minimum Gasteiger partial charge on any atom is -0.343 e. The predicted octanol–water partition coefficient (Wildman–Crippen LogP) is -0.696. The average Bonchev–Trinajstić information content (AvgIpc) is 2.27. The lowest BCUT2D eigenvalue weighted by Gasteiger charge is -2.05. The van der Waals surface area contributed by atoms with Gasteiger partial charge in [0.05, 0.1) is 13.1 Å². The van der Waals surface area contributed by atoms with Crippen molar-refractivity contribution in [3.05, 3.63) is 25.3 Å². The Balaban J connectivity index is 4.26. The number of carbonyl (C=O) groups is 2. The van der Waals surface area contributed by atoms with Gasteiger partial charge in [-0.15, -0.1) is 0 Å². The molecule has 0 bridgehead atoms. The van der Waals surface area contributed by atoms with E-state index in [0.717, 1.165) is 5.71 Å². The Morgan fingerprint density at radius 1 is 1.06 bits per heavy atom. The quantitative estimate of drug-likeness (QED) is 0.356. The number of amides is 2. The molecular formula is C11H18N3O2+. The zero-order chi connectivity index (χ0) is 12.6. The van der Waals surface area contributed by atoms with Crippen LogP contribution in [0.3, 0.4) is 0 Å². The Hall–Kier alpha value is -1.91. The molecule has 88 valence electrons. The average molecular weight is 224 g/mol. The molecule has 0 aromatic carbocycles. The van der Waals surface area contributed by atoms with E-state index in [-0.39, 0.29) is 11.8 Å². The fourth-order valence-corrected chi connectivity index (χ4v) is 0.901. The van der Waals surface area contributed by atoms with Gasteiger partial charge in [0.15, 0.2) is 5.71 Å². The minimum absolute atomic E-state index is 0.241. The highest BCUT2D eigenvalue weighted by atomic mass is 16.2. The first-order valence-corrected chi connectivity index (χ1v) is 4.83. The molecule has 0 unspecified atom stereocenters. The van der Waals surface area contributed by atoms with Gasteiger partial charge in [-0.25, -0.2) is 4.58 Å². The monoisotopic (exact) mass is 224 g/mol. The third-order valence-corrected chi connectivity index (χ3v) is 1.94. The van der Waals surface area contributed by atoms with Crippen molar-refractivity contribution in [2.75, 3.05) is 27.2 Å². The molecule has 0 atom stereocenters. The van der Waals surface area contributed by atoms with Gasteiger partial charge in [-0.1, -0.05) is 13.2 Å². The Bertz CT molecular complexity index is 302. The van der Waals surface area contributed by atoms with Crippen LogP contribution in [0, 0.1) is 0 Å². The van der Waals surface area contributed by atoms with Crippen LogP contribution < -0.4 is 10.6 Å². The Morgan fingerprint density at radius 2 is 1.44 bits per heavy atom. The van der Waals surface area contributed by atoms with Crippen LogP contribution in [0.15, 0.2) is 25.3 Å². The Kier molecular flexibility index (Phi) is 6.51. The maximum atomic E-state index is 11.0. The second-order valence-electron chi connectivity index (χ2n) is 3.30.